The molecule has 2 nitrogen and oxygen atoms in total. The summed E-state index contributed by atoms with van der Waals surface area (Å²) < 4.78 is 54.6. The van der Waals surface area contributed by atoms with Gasteiger partial charge in [-0.25, -0.2) is 8.78 Å². The molecule has 4 aromatic carbocycles. The molecule has 1 unspecified atom stereocenters. The molecule has 172 valence electrons. The summed E-state index contributed by atoms with van der Waals surface area (Å²) in [5, 5.41) is 0. The van der Waals surface area contributed by atoms with Gasteiger partial charge in [0.25, 0.3) is 0 Å². The predicted octanol–water partition coefficient (Wildman–Crippen LogP) is 7.65. The Morgan fingerprint density at radius 1 is 0.765 bits per heavy atom. The minimum atomic E-state index is -1.02. The van der Waals surface area contributed by atoms with Crippen LogP contribution in [-0.2, 0) is 17.8 Å². The summed E-state index contributed by atoms with van der Waals surface area (Å²) in [6.45, 7) is 2.73. The molecule has 0 aromatic heterocycles. The Morgan fingerprint density at radius 2 is 1.38 bits per heavy atom. The third-order valence-electron chi connectivity index (χ3n) is 6.08. The SMILES string of the molecule is CCc1ccc(-c2ccc(OCc3ccc(-c4ccc(C5CO5)cc4F)cc3)c(F)c2F)cc1. The Kier molecular flexibility index (Phi) is 6.12. The number of epoxide rings is 1. The lowest BCUT2D eigenvalue weighted by Gasteiger charge is -2.12. The van der Waals surface area contributed by atoms with Crippen molar-refractivity contribution >= 4 is 0 Å². The second-order valence-corrected chi connectivity index (χ2v) is 8.34. The number of halogens is 3. The summed E-state index contributed by atoms with van der Waals surface area (Å²) in [6.07, 6.45) is 0.881. The number of hydrogen-bond acceptors (Lipinski definition) is 2. The molecule has 1 fully saturated rings. The van der Waals surface area contributed by atoms with Crippen molar-refractivity contribution in [3.05, 3.63) is 113 Å². The predicted molar refractivity (Wildman–Crippen MR) is 126 cm³/mol. The molecular formula is C29H23F3O2. The standard InChI is InChI=1S/C29H23F3O2/c1-2-18-3-7-21(8-4-18)24-13-14-26(29(32)28(24)31)33-16-19-5-9-20(10-6-19)23-12-11-22(15-25(23)30)27-17-34-27/h3-15,27H,2,16-17H2,1H3. The molecule has 1 aliphatic heterocycles. The molecule has 34 heavy (non-hydrogen) atoms. The fourth-order valence-electron chi connectivity index (χ4n) is 3.93. The summed E-state index contributed by atoms with van der Waals surface area (Å²) >= 11 is 0. The maximum atomic E-state index is 14.7. The first-order valence-electron chi connectivity index (χ1n) is 11.2. The molecule has 1 heterocycles. The van der Waals surface area contributed by atoms with Crippen LogP contribution in [0.1, 0.15) is 29.7 Å². The Labute approximate surface area is 196 Å². The molecule has 0 bridgehead atoms. The zero-order valence-corrected chi connectivity index (χ0v) is 18.7. The first-order chi connectivity index (χ1) is 16.5. The van der Waals surface area contributed by atoms with Gasteiger partial charge in [-0.2, -0.15) is 4.39 Å². The molecule has 4 aromatic rings. The molecule has 0 spiro atoms. The highest BCUT2D eigenvalue weighted by Crippen LogP contribution is 2.33. The van der Waals surface area contributed by atoms with Gasteiger partial charge in [0.1, 0.15) is 18.5 Å². The summed E-state index contributed by atoms with van der Waals surface area (Å²) in [4.78, 5) is 0. The van der Waals surface area contributed by atoms with Gasteiger partial charge in [0, 0.05) is 11.1 Å². The maximum Gasteiger partial charge on any atom is 0.201 e. The first kappa shape index (κ1) is 22.2. The number of ether oxygens (including phenoxy) is 2. The van der Waals surface area contributed by atoms with Crippen molar-refractivity contribution in [3.8, 4) is 28.0 Å². The van der Waals surface area contributed by atoms with E-state index in [0.717, 1.165) is 28.7 Å². The van der Waals surface area contributed by atoms with Crippen LogP contribution in [0.5, 0.6) is 5.75 Å². The first-order valence-corrected chi connectivity index (χ1v) is 11.2. The van der Waals surface area contributed by atoms with Gasteiger partial charge in [-0.15, -0.1) is 0 Å². The van der Waals surface area contributed by atoms with Gasteiger partial charge >= 0.3 is 0 Å². The minimum absolute atomic E-state index is 0.00369. The molecular weight excluding hydrogens is 437 g/mol. The highest BCUT2D eigenvalue weighted by molar-refractivity contribution is 5.66. The lowest BCUT2D eigenvalue weighted by molar-refractivity contribution is 0.285. The quantitative estimate of drug-likeness (QED) is 0.264. The summed E-state index contributed by atoms with van der Waals surface area (Å²) in [5.41, 5.74) is 4.74. The van der Waals surface area contributed by atoms with E-state index in [-0.39, 0.29) is 29.8 Å². The minimum Gasteiger partial charge on any atom is -0.486 e. The largest absolute Gasteiger partial charge is 0.486 e. The van der Waals surface area contributed by atoms with Gasteiger partial charge in [-0.05, 0) is 52.4 Å². The van der Waals surface area contributed by atoms with Crippen LogP contribution in [0, 0.1) is 17.5 Å². The van der Waals surface area contributed by atoms with Crippen LogP contribution in [0.4, 0.5) is 13.2 Å². The van der Waals surface area contributed by atoms with Crippen LogP contribution < -0.4 is 4.74 Å². The second kappa shape index (κ2) is 9.35. The normalized spacial score (nSPS) is 14.8. The summed E-state index contributed by atoms with van der Waals surface area (Å²) in [5.74, 6) is -2.42. The van der Waals surface area contributed by atoms with Crippen molar-refractivity contribution in [1.82, 2.24) is 0 Å². The molecule has 1 saturated heterocycles. The van der Waals surface area contributed by atoms with E-state index in [1.807, 2.05) is 25.1 Å². The topological polar surface area (TPSA) is 21.8 Å². The van der Waals surface area contributed by atoms with E-state index in [4.69, 9.17) is 9.47 Å². The number of benzene rings is 4. The maximum absolute atomic E-state index is 14.7. The third-order valence-corrected chi connectivity index (χ3v) is 6.08. The summed E-state index contributed by atoms with van der Waals surface area (Å²) in [7, 11) is 0. The molecule has 0 saturated carbocycles. The van der Waals surface area contributed by atoms with Gasteiger partial charge < -0.3 is 9.47 Å². The smallest absolute Gasteiger partial charge is 0.201 e. The van der Waals surface area contributed by atoms with Crippen LogP contribution in [0.25, 0.3) is 22.3 Å². The molecule has 1 aliphatic rings. The fraction of sp³-hybridized carbons (Fsp3) is 0.172. The number of hydrogen-bond donors (Lipinski definition) is 0. The molecule has 0 radical (unpaired) electrons. The number of aryl methyl sites for hydroxylation is 1. The van der Waals surface area contributed by atoms with Gasteiger partial charge in [0.15, 0.2) is 11.6 Å². The van der Waals surface area contributed by atoms with Crippen LogP contribution in [-0.4, -0.2) is 6.61 Å². The Balaban J connectivity index is 1.28. The van der Waals surface area contributed by atoms with E-state index in [1.54, 1.807) is 42.5 Å². The van der Waals surface area contributed by atoms with Crippen molar-refractivity contribution in [1.29, 1.82) is 0 Å². The highest BCUT2D eigenvalue weighted by Gasteiger charge is 2.25. The van der Waals surface area contributed by atoms with Crippen LogP contribution >= 0.6 is 0 Å². The average Bonchev–Trinajstić information content (AvgIpc) is 3.71. The van der Waals surface area contributed by atoms with Crippen molar-refractivity contribution in [2.75, 3.05) is 6.61 Å². The zero-order valence-electron chi connectivity index (χ0n) is 18.7. The lowest BCUT2D eigenvalue weighted by Crippen LogP contribution is -2.00. The van der Waals surface area contributed by atoms with E-state index in [9.17, 15) is 13.2 Å². The molecule has 0 aliphatic carbocycles. The Hall–Kier alpha value is -3.57. The van der Waals surface area contributed by atoms with Gasteiger partial charge in [0.05, 0.1) is 6.61 Å². The average molecular weight is 460 g/mol. The summed E-state index contributed by atoms with van der Waals surface area (Å²) in [6, 6.07) is 22.6. The van der Waals surface area contributed by atoms with E-state index >= 15 is 0 Å². The van der Waals surface area contributed by atoms with E-state index in [2.05, 4.69) is 0 Å². The fourth-order valence-corrected chi connectivity index (χ4v) is 3.93. The Bertz CT molecular complexity index is 1310. The van der Waals surface area contributed by atoms with E-state index in [1.165, 1.54) is 18.2 Å². The van der Waals surface area contributed by atoms with E-state index < -0.39 is 11.6 Å². The molecule has 0 amide bonds. The van der Waals surface area contributed by atoms with Gasteiger partial charge in [-0.1, -0.05) is 67.6 Å². The molecule has 1 atom stereocenters. The van der Waals surface area contributed by atoms with E-state index in [0.29, 0.717) is 17.7 Å². The monoisotopic (exact) mass is 460 g/mol. The van der Waals surface area contributed by atoms with Crippen molar-refractivity contribution in [2.45, 2.75) is 26.1 Å². The lowest BCUT2D eigenvalue weighted by atomic mass is 10.0. The highest BCUT2D eigenvalue weighted by atomic mass is 19.2. The van der Waals surface area contributed by atoms with Crippen molar-refractivity contribution < 1.29 is 22.6 Å². The number of rotatable bonds is 7. The van der Waals surface area contributed by atoms with Crippen molar-refractivity contribution in [3.63, 3.8) is 0 Å². The molecule has 5 rings (SSSR count). The third kappa shape index (κ3) is 4.57. The van der Waals surface area contributed by atoms with Gasteiger partial charge in [0.2, 0.25) is 5.82 Å². The molecule has 5 heteroatoms. The van der Waals surface area contributed by atoms with Crippen LogP contribution in [0.3, 0.4) is 0 Å². The second-order valence-electron chi connectivity index (χ2n) is 8.34. The van der Waals surface area contributed by atoms with Crippen molar-refractivity contribution in [2.24, 2.45) is 0 Å². The van der Waals surface area contributed by atoms with Crippen LogP contribution in [0.2, 0.25) is 0 Å². The van der Waals surface area contributed by atoms with Crippen LogP contribution in [0.15, 0.2) is 78.9 Å². The zero-order chi connectivity index (χ0) is 23.7. The van der Waals surface area contributed by atoms with Gasteiger partial charge in [-0.3, -0.25) is 0 Å². The Morgan fingerprint density at radius 3 is 2.00 bits per heavy atom. The molecule has 0 N–H and O–H groups in total.